The molecule has 0 saturated heterocycles. The summed E-state index contributed by atoms with van der Waals surface area (Å²) in [6.45, 7) is 0. The van der Waals surface area contributed by atoms with Gasteiger partial charge in [-0.1, -0.05) is 70.0 Å². The van der Waals surface area contributed by atoms with E-state index in [4.69, 9.17) is 16.7 Å². The number of aromatic nitrogens is 1. The minimum Gasteiger partial charge on any atom is -0.507 e. The van der Waals surface area contributed by atoms with Gasteiger partial charge in [0.2, 0.25) is 5.13 Å². The molecule has 1 aliphatic rings. The second kappa shape index (κ2) is 10.6. The van der Waals surface area contributed by atoms with Crippen molar-refractivity contribution in [3.8, 4) is 5.75 Å². The number of hydrazone groups is 2. The molecule has 0 radical (unpaired) electrons. The van der Waals surface area contributed by atoms with Gasteiger partial charge in [0, 0.05) is 26.9 Å². The second-order valence-electron chi connectivity index (χ2n) is 7.95. The van der Waals surface area contributed by atoms with Crippen molar-refractivity contribution < 1.29 is 9.90 Å². The third-order valence-corrected chi connectivity index (χ3v) is 7.13. The van der Waals surface area contributed by atoms with E-state index in [1.165, 1.54) is 23.6 Å². The summed E-state index contributed by atoms with van der Waals surface area (Å²) in [6.07, 6.45) is 2.06. The number of benzene rings is 3. The summed E-state index contributed by atoms with van der Waals surface area (Å²) in [5, 5.41) is 23.5. The smallest absolute Gasteiger partial charge is 0.290 e. The number of carbonyl (C=O) groups is 1. The van der Waals surface area contributed by atoms with Crippen LogP contribution in [0.15, 0.2) is 92.9 Å². The van der Waals surface area contributed by atoms with Gasteiger partial charge in [-0.05, 0) is 41.5 Å². The van der Waals surface area contributed by atoms with Crippen molar-refractivity contribution in [1.82, 2.24) is 10.4 Å². The van der Waals surface area contributed by atoms with Crippen molar-refractivity contribution in [2.75, 3.05) is 5.01 Å². The standard InChI is InChI=1S/C26H19BrClN5O2S/c27-19-8-11-24(34)18(12-19)14-29-31-25(35)22-15-36-26(30-22)33-23(17-6-9-20(28)10-7-17)13-21(32-33)16-4-2-1-3-5-16/h1-12,14-15,23,34H,13H2,(H,31,35)/b29-14+. The highest BCUT2D eigenvalue weighted by molar-refractivity contribution is 9.10. The van der Waals surface area contributed by atoms with Crippen molar-refractivity contribution >= 4 is 61.8 Å². The fraction of sp³-hybridized carbons (Fsp3) is 0.0769. The Labute approximate surface area is 224 Å². The number of thiazole rings is 1. The lowest BCUT2D eigenvalue weighted by Gasteiger charge is -2.21. The van der Waals surface area contributed by atoms with Crippen LogP contribution >= 0.6 is 38.9 Å². The van der Waals surface area contributed by atoms with E-state index in [0.717, 1.165) is 21.3 Å². The van der Waals surface area contributed by atoms with Crippen LogP contribution in [-0.4, -0.2) is 27.9 Å². The first-order valence-electron chi connectivity index (χ1n) is 10.9. The molecular weight excluding hydrogens is 562 g/mol. The van der Waals surface area contributed by atoms with Crippen LogP contribution in [0.5, 0.6) is 5.75 Å². The zero-order valence-electron chi connectivity index (χ0n) is 18.7. The van der Waals surface area contributed by atoms with Gasteiger partial charge < -0.3 is 5.11 Å². The molecule has 0 aliphatic carbocycles. The molecule has 1 amide bonds. The number of phenolic OH excluding ortho intramolecular Hbond substituents is 1. The number of carbonyl (C=O) groups excluding carboxylic acids is 1. The van der Waals surface area contributed by atoms with Crippen molar-refractivity contribution in [2.24, 2.45) is 10.2 Å². The van der Waals surface area contributed by atoms with Crippen LogP contribution in [0.2, 0.25) is 5.02 Å². The molecule has 3 aromatic carbocycles. The minimum atomic E-state index is -0.460. The number of phenols is 1. The maximum atomic E-state index is 12.7. The van der Waals surface area contributed by atoms with Gasteiger partial charge in [-0.15, -0.1) is 11.3 Å². The first-order valence-corrected chi connectivity index (χ1v) is 13.0. The van der Waals surface area contributed by atoms with Crippen molar-refractivity contribution in [3.63, 3.8) is 0 Å². The van der Waals surface area contributed by atoms with Crippen LogP contribution in [-0.2, 0) is 0 Å². The molecule has 1 aromatic heterocycles. The molecular formula is C26H19BrClN5O2S. The van der Waals surface area contributed by atoms with Gasteiger partial charge in [-0.2, -0.15) is 10.2 Å². The molecule has 2 N–H and O–H groups in total. The third-order valence-electron chi connectivity index (χ3n) is 5.55. The zero-order chi connectivity index (χ0) is 25.1. The minimum absolute atomic E-state index is 0.0569. The summed E-state index contributed by atoms with van der Waals surface area (Å²) in [5.74, 6) is -0.403. The molecule has 4 aromatic rings. The molecule has 180 valence electrons. The Hall–Kier alpha value is -3.53. The van der Waals surface area contributed by atoms with Gasteiger partial charge >= 0.3 is 0 Å². The van der Waals surface area contributed by atoms with E-state index < -0.39 is 5.91 Å². The summed E-state index contributed by atoms with van der Waals surface area (Å²) in [4.78, 5) is 17.2. The molecule has 10 heteroatoms. The number of hydrogen-bond acceptors (Lipinski definition) is 7. The topological polar surface area (TPSA) is 90.2 Å². The molecule has 1 aliphatic heterocycles. The number of anilines is 1. The molecule has 0 spiro atoms. The van der Waals surface area contributed by atoms with Gasteiger partial charge in [-0.25, -0.2) is 15.4 Å². The van der Waals surface area contributed by atoms with Crippen molar-refractivity contribution in [1.29, 1.82) is 0 Å². The van der Waals surface area contributed by atoms with Crippen LogP contribution in [0.25, 0.3) is 0 Å². The molecule has 1 atom stereocenters. The Morgan fingerprint density at radius 3 is 2.72 bits per heavy atom. The van der Waals surface area contributed by atoms with Gasteiger partial charge in [0.15, 0.2) is 0 Å². The molecule has 5 rings (SSSR count). The van der Waals surface area contributed by atoms with Gasteiger partial charge in [-0.3, -0.25) is 4.79 Å². The predicted molar refractivity (Wildman–Crippen MR) is 147 cm³/mol. The van der Waals surface area contributed by atoms with Gasteiger partial charge in [0.1, 0.15) is 11.4 Å². The zero-order valence-corrected chi connectivity index (χ0v) is 21.8. The quantitative estimate of drug-likeness (QED) is 0.204. The summed E-state index contributed by atoms with van der Waals surface area (Å²) < 4.78 is 0.786. The first kappa shape index (κ1) is 24.2. The van der Waals surface area contributed by atoms with Crippen molar-refractivity contribution in [2.45, 2.75) is 12.5 Å². The van der Waals surface area contributed by atoms with Crippen molar-refractivity contribution in [3.05, 3.63) is 110 Å². The summed E-state index contributed by atoms with van der Waals surface area (Å²) in [7, 11) is 0. The van der Waals surface area contributed by atoms with Gasteiger partial charge in [0.25, 0.3) is 5.91 Å². The highest BCUT2D eigenvalue weighted by Crippen LogP contribution is 2.38. The third kappa shape index (κ3) is 5.33. The Morgan fingerprint density at radius 1 is 1.17 bits per heavy atom. The summed E-state index contributed by atoms with van der Waals surface area (Å²) in [6, 6.07) is 22.5. The first-order chi connectivity index (χ1) is 17.5. The van der Waals surface area contributed by atoms with E-state index in [9.17, 15) is 9.90 Å². The van der Waals surface area contributed by atoms with E-state index in [1.807, 2.05) is 59.6 Å². The number of halogens is 2. The van der Waals surface area contributed by atoms with Gasteiger partial charge in [0.05, 0.1) is 18.0 Å². The van der Waals surface area contributed by atoms with E-state index in [0.29, 0.717) is 22.1 Å². The molecule has 7 nitrogen and oxygen atoms in total. The number of nitrogens with zero attached hydrogens (tertiary/aromatic N) is 4. The maximum Gasteiger partial charge on any atom is 0.290 e. The summed E-state index contributed by atoms with van der Waals surface area (Å²) >= 11 is 10.8. The number of hydrogen-bond donors (Lipinski definition) is 2. The normalized spacial score (nSPS) is 15.3. The molecule has 0 bridgehead atoms. The van der Waals surface area contributed by atoms with E-state index >= 15 is 0 Å². The number of amides is 1. The van der Waals surface area contributed by atoms with Crippen LogP contribution in [0, 0.1) is 0 Å². The number of rotatable bonds is 6. The van der Waals surface area contributed by atoms with E-state index in [2.05, 4.69) is 31.4 Å². The lowest BCUT2D eigenvalue weighted by Crippen LogP contribution is -2.20. The molecule has 0 saturated carbocycles. The highest BCUT2D eigenvalue weighted by Gasteiger charge is 2.32. The Balaban J connectivity index is 1.37. The Kier molecular flexibility index (Phi) is 7.13. The van der Waals surface area contributed by atoms with Crippen LogP contribution in [0.4, 0.5) is 5.13 Å². The SMILES string of the molecule is O=C(N/N=C/c1cc(Br)ccc1O)c1csc(N2N=C(c3ccccc3)CC2c2ccc(Cl)cc2)n1. The summed E-state index contributed by atoms with van der Waals surface area (Å²) in [5.41, 5.74) is 6.18. The number of nitrogens with one attached hydrogen (secondary N) is 1. The molecule has 1 unspecified atom stereocenters. The monoisotopic (exact) mass is 579 g/mol. The predicted octanol–water partition coefficient (Wildman–Crippen LogP) is 6.38. The van der Waals surface area contributed by atoms with E-state index in [-0.39, 0.29) is 17.5 Å². The largest absolute Gasteiger partial charge is 0.507 e. The highest BCUT2D eigenvalue weighted by atomic mass is 79.9. The van der Waals surface area contributed by atoms with Crippen LogP contribution in [0.3, 0.4) is 0 Å². The number of aromatic hydroxyl groups is 1. The van der Waals surface area contributed by atoms with E-state index in [1.54, 1.807) is 17.5 Å². The Morgan fingerprint density at radius 2 is 1.94 bits per heavy atom. The van der Waals surface area contributed by atoms with Crippen LogP contribution in [0.1, 0.15) is 39.6 Å². The molecule has 2 heterocycles. The molecule has 0 fully saturated rings. The fourth-order valence-electron chi connectivity index (χ4n) is 3.76. The maximum absolute atomic E-state index is 12.7. The molecule has 36 heavy (non-hydrogen) atoms. The average molecular weight is 581 g/mol. The average Bonchev–Trinajstić information content (AvgIpc) is 3.55. The fourth-order valence-corrected chi connectivity index (χ4v) is 5.07. The van der Waals surface area contributed by atoms with Crippen LogP contribution < -0.4 is 10.4 Å². The lowest BCUT2D eigenvalue weighted by molar-refractivity contribution is 0.0951. The lowest BCUT2D eigenvalue weighted by atomic mass is 9.99. The Bertz CT molecular complexity index is 1460. The second-order valence-corrected chi connectivity index (χ2v) is 10.1.